The van der Waals surface area contributed by atoms with Crippen LogP contribution in [-0.4, -0.2) is 123 Å². The normalized spacial score (nSPS) is 13.6. The molecule has 6 heterocycles. The van der Waals surface area contributed by atoms with E-state index in [1.54, 1.807) is 97.1 Å². The predicted molar refractivity (Wildman–Crippen MR) is 291 cm³/mol. The molecule has 73 heavy (non-hydrogen) atoms. The highest BCUT2D eigenvalue weighted by atomic mass is 35.5. The molecule has 2 atom stereocenters. The van der Waals surface area contributed by atoms with Crippen molar-refractivity contribution in [3.8, 4) is 0 Å². The number of nitrogens with zero attached hydrogens (tertiary/aromatic N) is 9. The van der Waals surface area contributed by atoms with Crippen LogP contribution in [0.3, 0.4) is 0 Å². The summed E-state index contributed by atoms with van der Waals surface area (Å²) in [5.41, 5.74) is 9.84. The van der Waals surface area contributed by atoms with Crippen molar-refractivity contribution >= 4 is 105 Å². The first-order valence-electron chi connectivity index (χ1n) is 21.2. The monoisotopic (exact) mass is 1090 g/mol. The Labute approximate surface area is 443 Å². The SMILES string of the molecule is C.C.CN(C)[C@@H](Cc1cc2cnn(S(=O)(=O)c3ccccc3)c2cn1)CN1C(=O)c2ccccc2C1=O.Cl.N[C@@H](Cc1cc2cnn(S(=O)(=O)c3ccccc3)c2cn1)CN1C(=O)c2ccccc2C1=O.S.S. The first-order valence-corrected chi connectivity index (χ1v) is 24.1. The summed E-state index contributed by atoms with van der Waals surface area (Å²) in [4.78, 5) is 64.2. The number of carbonyl (C=O) groups is 4. The number of hydrogen-bond donors (Lipinski definition) is 1. The van der Waals surface area contributed by atoms with E-state index in [-0.39, 0.29) is 107 Å². The zero-order valence-corrected chi connectivity index (χ0v) is 42.4. The third kappa shape index (κ3) is 11.4. The van der Waals surface area contributed by atoms with E-state index in [4.69, 9.17) is 5.73 Å². The van der Waals surface area contributed by atoms with Crippen LogP contribution in [0.5, 0.6) is 0 Å². The van der Waals surface area contributed by atoms with Gasteiger partial charge in [-0.05, 0) is 74.8 Å². The lowest BCUT2D eigenvalue weighted by Crippen LogP contribution is -2.44. The lowest BCUT2D eigenvalue weighted by atomic mass is 10.1. The highest BCUT2D eigenvalue weighted by Crippen LogP contribution is 2.27. The number of imide groups is 2. The van der Waals surface area contributed by atoms with Crippen molar-refractivity contribution in [3.05, 3.63) is 180 Å². The minimum Gasteiger partial charge on any atom is -0.326 e. The Morgan fingerprint density at radius 3 is 1.23 bits per heavy atom. The van der Waals surface area contributed by atoms with Gasteiger partial charge in [0.1, 0.15) is 11.0 Å². The molecule has 10 rings (SSSR count). The number of benzene rings is 4. The second kappa shape index (κ2) is 23.8. The number of hydrogen-bond acceptors (Lipinski definition) is 14. The molecule has 2 aliphatic heterocycles. The van der Waals surface area contributed by atoms with E-state index in [9.17, 15) is 36.0 Å². The maximum Gasteiger partial charge on any atom is 0.283 e. The van der Waals surface area contributed by atoms with Crippen LogP contribution >= 0.6 is 39.4 Å². The van der Waals surface area contributed by atoms with Gasteiger partial charge in [0.05, 0.1) is 56.8 Å². The molecule has 0 unspecified atom stereocenters. The second-order valence-corrected chi connectivity index (χ2v) is 19.9. The lowest BCUT2D eigenvalue weighted by molar-refractivity contribution is 0.0606. The molecule has 0 radical (unpaired) electrons. The third-order valence-corrected chi connectivity index (χ3v) is 14.9. The van der Waals surface area contributed by atoms with Gasteiger partial charge in [-0.15, -0.1) is 12.4 Å². The van der Waals surface area contributed by atoms with E-state index < -0.39 is 26.1 Å². The van der Waals surface area contributed by atoms with Crippen LogP contribution in [0.1, 0.15) is 67.7 Å². The van der Waals surface area contributed by atoms with Crippen molar-refractivity contribution in [1.82, 2.24) is 43.0 Å². The number of likely N-dealkylation sites (N-methyl/N-ethyl adjacent to an activating group) is 1. The van der Waals surface area contributed by atoms with Crippen molar-refractivity contribution < 1.29 is 36.0 Å². The van der Waals surface area contributed by atoms with Gasteiger partial charge in [0, 0.05) is 60.2 Å². The Hall–Kier alpha value is -6.79. The summed E-state index contributed by atoms with van der Waals surface area (Å²) in [5, 5.41) is 9.38. The van der Waals surface area contributed by atoms with Crippen LogP contribution in [0, 0.1) is 0 Å². The molecule has 0 fully saturated rings. The first-order chi connectivity index (χ1) is 32.6. The number of amides is 4. The highest BCUT2D eigenvalue weighted by molar-refractivity contribution is 7.90. The van der Waals surface area contributed by atoms with Crippen LogP contribution < -0.4 is 5.73 Å². The molecule has 0 spiro atoms. The van der Waals surface area contributed by atoms with Crippen molar-refractivity contribution in [2.45, 2.75) is 49.6 Å². The number of pyridine rings is 2. The summed E-state index contributed by atoms with van der Waals surface area (Å²) in [6.07, 6.45) is 6.62. The van der Waals surface area contributed by atoms with Gasteiger partial charge < -0.3 is 10.6 Å². The summed E-state index contributed by atoms with van der Waals surface area (Å²) >= 11 is 0. The number of halogens is 1. The molecule has 23 heteroatoms. The zero-order chi connectivity index (χ0) is 47.9. The summed E-state index contributed by atoms with van der Waals surface area (Å²) in [7, 11) is -3.94. The summed E-state index contributed by atoms with van der Waals surface area (Å²) in [6, 6.07) is 32.4. The molecule has 18 nitrogen and oxygen atoms in total. The average Bonchev–Trinajstić information content (AvgIpc) is 4.10. The number of rotatable bonds is 13. The Morgan fingerprint density at radius 1 is 0.521 bits per heavy atom. The molecule has 384 valence electrons. The molecule has 2 aliphatic rings. The fraction of sp³-hybridized carbons (Fsp3) is 0.200. The minimum atomic E-state index is -3.85. The minimum absolute atomic E-state index is 0. The van der Waals surface area contributed by atoms with Gasteiger partial charge in [-0.1, -0.05) is 75.5 Å². The van der Waals surface area contributed by atoms with Gasteiger partial charge in [0.25, 0.3) is 43.7 Å². The van der Waals surface area contributed by atoms with E-state index >= 15 is 0 Å². The number of fused-ring (bicyclic) bond motifs is 4. The summed E-state index contributed by atoms with van der Waals surface area (Å²) < 4.78 is 53.8. The standard InChI is InChI=1S/C25H23N5O4S.C23H19N5O4S.2CH4.ClH.2H2S/c1-28(2)19(16-29-24(31)21-10-6-7-11-22(21)25(29)32)13-18-12-17-14-27-30(23(17)15-26-18)35(33,34)20-8-4-3-5-9-20;24-16(14-27-22(29)19-8-4-5-9-20(19)23(27)30)11-17-10-15-12-26-28(21(15)13-25-17)33(31,32)18-6-2-1-3-7-18;;;;;/h3-12,14-15,19H,13,16H2,1-2H3;1-10,12-13,16H,11,14,24H2;2*1H4;1H;2*1H2/t19-;16-;;;;;/m00...../s1. The van der Waals surface area contributed by atoms with Gasteiger partial charge in [-0.25, -0.2) is 0 Å². The van der Waals surface area contributed by atoms with Gasteiger partial charge >= 0.3 is 0 Å². The van der Waals surface area contributed by atoms with E-state index in [2.05, 4.69) is 20.2 Å². The predicted octanol–water partition coefficient (Wildman–Crippen LogP) is 6.19. The third-order valence-electron chi connectivity index (χ3n) is 11.7. The Bertz CT molecular complexity index is 3460. The Morgan fingerprint density at radius 2 is 0.863 bits per heavy atom. The van der Waals surface area contributed by atoms with E-state index in [0.717, 1.165) is 13.1 Å². The molecule has 0 saturated carbocycles. The van der Waals surface area contributed by atoms with Gasteiger partial charge in [0.2, 0.25) is 0 Å². The fourth-order valence-corrected chi connectivity index (χ4v) is 10.7. The number of carbonyl (C=O) groups excluding carboxylic acids is 4. The maximum atomic E-state index is 13.0. The average molecular weight is 1090 g/mol. The van der Waals surface area contributed by atoms with E-state index in [0.29, 0.717) is 68.3 Å². The van der Waals surface area contributed by atoms with Crippen molar-refractivity contribution in [1.29, 1.82) is 0 Å². The van der Waals surface area contributed by atoms with Gasteiger partial charge in [0.15, 0.2) is 0 Å². The molecule has 4 aromatic heterocycles. The van der Waals surface area contributed by atoms with E-state index in [1.165, 1.54) is 54.0 Å². The quantitative estimate of drug-likeness (QED) is 0.127. The summed E-state index contributed by atoms with van der Waals surface area (Å²) in [6.45, 7) is 0.258. The molecule has 8 aromatic rings. The maximum absolute atomic E-state index is 13.0. The lowest BCUT2D eigenvalue weighted by Gasteiger charge is -2.28. The molecule has 0 saturated heterocycles. The van der Waals surface area contributed by atoms with Crippen LogP contribution in [0.25, 0.3) is 21.8 Å². The fourth-order valence-electron chi connectivity index (χ4n) is 8.13. The highest BCUT2D eigenvalue weighted by Gasteiger charge is 2.38. The van der Waals surface area contributed by atoms with Crippen LogP contribution in [-0.2, 0) is 32.9 Å². The van der Waals surface area contributed by atoms with Crippen LogP contribution in [0.4, 0.5) is 0 Å². The molecular weight excluding hydrogens is 1030 g/mol. The topological polar surface area (TPSA) is 234 Å². The van der Waals surface area contributed by atoms with Crippen LogP contribution in [0.15, 0.2) is 156 Å². The molecule has 2 N–H and O–H groups in total. The molecule has 4 aromatic carbocycles. The van der Waals surface area contributed by atoms with Crippen molar-refractivity contribution in [2.75, 3.05) is 27.2 Å². The van der Waals surface area contributed by atoms with Crippen LogP contribution in [0.2, 0.25) is 0 Å². The van der Waals surface area contributed by atoms with Gasteiger partial charge in [-0.3, -0.25) is 38.9 Å². The first kappa shape index (κ1) is 58.8. The van der Waals surface area contributed by atoms with E-state index in [1.807, 2.05) is 19.0 Å². The molecule has 0 bridgehead atoms. The second-order valence-electron chi connectivity index (χ2n) is 16.4. The largest absolute Gasteiger partial charge is 0.326 e. The smallest absolute Gasteiger partial charge is 0.283 e. The zero-order valence-electron chi connectivity index (χ0n) is 37.9. The Kier molecular flexibility index (Phi) is 19.2. The van der Waals surface area contributed by atoms with Gasteiger partial charge in [-0.2, -0.15) is 62.2 Å². The molecule has 0 aliphatic carbocycles. The summed E-state index contributed by atoms with van der Waals surface area (Å²) in [5.74, 6) is -1.31. The van der Waals surface area contributed by atoms with Crippen molar-refractivity contribution in [2.24, 2.45) is 5.73 Å². The Balaban J connectivity index is 0.000000297. The molecule has 4 amide bonds. The number of aromatic nitrogens is 6. The van der Waals surface area contributed by atoms with Crippen molar-refractivity contribution in [3.63, 3.8) is 0 Å². The number of nitrogens with two attached hydrogens (primary N) is 1. The molecular formula is C50H55ClN10O8S4.